The summed E-state index contributed by atoms with van der Waals surface area (Å²) in [7, 11) is 0. The molecule has 1 aromatic carbocycles. The Morgan fingerprint density at radius 1 is 1.17 bits per heavy atom. The molecule has 0 atom stereocenters. The van der Waals surface area contributed by atoms with Gasteiger partial charge in [-0.3, -0.25) is 4.98 Å². The molecule has 7 heteroatoms. The lowest BCUT2D eigenvalue weighted by molar-refractivity contribution is 0.819. The van der Waals surface area contributed by atoms with E-state index in [1.165, 1.54) is 0 Å². The predicted octanol–water partition coefficient (Wildman–Crippen LogP) is 0.714. The monoisotopic (exact) mass is 241 g/mol. The molecule has 0 spiro atoms. The minimum Gasteiger partial charge on any atom is -0.399 e. The summed E-state index contributed by atoms with van der Waals surface area (Å²) < 4.78 is 1.60. The highest BCUT2D eigenvalue weighted by molar-refractivity contribution is 5.45. The molecule has 3 N–H and O–H groups in total. The van der Waals surface area contributed by atoms with Crippen LogP contribution in [0, 0.1) is 0 Å². The van der Waals surface area contributed by atoms with Crippen molar-refractivity contribution in [1.29, 1.82) is 0 Å². The molecular formula is C11H11N7. The van der Waals surface area contributed by atoms with Crippen LogP contribution in [-0.4, -0.2) is 25.0 Å². The van der Waals surface area contributed by atoms with Crippen molar-refractivity contribution in [3.05, 3.63) is 42.2 Å². The fourth-order valence-corrected chi connectivity index (χ4v) is 1.62. The second-order valence-electron chi connectivity index (χ2n) is 3.84. The fourth-order valence-electron chi connectivity index (χ4n) is 1.62. The molecule has 90 valence electrons. The van der Waals surface area contributed by atoms with Crippen LogP contribution in [0.4, 0.5) is 11.5 Å². The Labute approximate surface area is 103 Å². The van der Waals surface area contributed by atoms with Crippen molar-refractivity contribution in [3.63, 3.8) is 0 Å². The van der Waals surface area contributed by atoms with Gasteiger partial charge in [-0.05, 0) is 28.1 Å². The number of nitrogens with zero attached hydrogens (tertiary/aromatic N) is 5. The van der Waals surface area contributed by atoms with Gasteiger partial charge in [0, 0.05) is 12.2 Å². The van der Waals surface area contributed by atoms with Crippen LogP contribution in [0.5, 0.6) is 0 Å². The average molecular weight is 241 g/mol. The summed E-state index contributed by atoms with van der Waals surface area (Å²) in [5.41, 5.74) is 8.11. The standard InChI is InChI=1S/C11H11N7/c12-9-3-1-8(2-4-9)5-14-10-6-13-7-11-15-16-17-18(10)11/h1-4,6-7,14H,5,12H2. The van der Waals surface area contributed by atoms with Gasteiger partial charge in [0.1, 0.15) is 0 Å². The number of nitrogens with one attached hydrogen (secondary N) is 1. The van der Waals surface area contributed by atoms with Gasteiger partial charge in [0.2, 0.25) is 0 Å². The van der Waals surface area contributed by atoms with Crippen LogP contribution in [0.15, 0.2) is 36.7 Å². The Hall–Kier alpha value is -2.70. The molecule has 0 radical (unpaired) electrons. The van der Waals surface area contributed by atoms with Crippen LogP contribution in [0.25, 0.3) is 5.65 Å². The maximum absolute atomic E-state index is 5.63. The number of nitrogens with two attached hydrogens (primary N) is 1. The molecule has 0 bridgehead atoms. The molecule has 0 aliphatic carbocycles. The third kappa shape index (κ3) is 1.93. The molecule has 0 saturated carbocycles. The molecule has 0 aliphatic heterocycles. The van der Waals surface area contributed by atoms with E-state index in [1.807, 2.05) is 24.3 Å². The van der Waals surface area contributed by atoms with Gasteiger partial charge in [-0.1, -0.05) is 12.1 Å². The highest BCUT2D eigenvalue weighted by Gasteiger charge is 2.03. The van der Waals surface area contributed by atoms with E-state index < -0.39 is 0 Å². The Morgan fingerprint density at radius 2 is 2.00 bits per heavy atom. The van der Waals surface area contributed by atoms with Crippen molar-refractivity contribution in [2.75, 3.05) is 11.1 Å². The molecule has 2 aromatic heterocycles. The molecular weight excluding hydrogens is 230 g/mol. The van der Waals surface area contributed by atoms with Crippen molar-refractivity contribution in [2.24, 2.45) is 0 Å². The average Bonchev–Trinajstić information content (AvgIpc) is 2.87. The molecule has 18 heavy (non-hydrogen) atoms. The highest BCUT2D eigenvalue weighted by atomic mass is 15.5. The Kier molecular flexibility index (Phi) is 2.49. The fraction of sp³-hybridized carbons (Fsp3) is 0.0909. The molecule has 0 fully saturated rings. The molecule has 0 amide bonds. The summed E-state index contributed by atoms with van der Waals surface area (Å²) in [5.74, 6) is 0.745. The molecule has 2 heterocycles. The van der Waals surface area contributed by atoms with E-state index >= 15 is 0 Å². The van der Waals surface area contributed by atoms with E-state index in [1.54, 1.807) is 16.9 Å². The van der Waals surface area contributed by atoms with Crippen molar-refractivity contribution < 1.29 is 0 Å². The highest BCUT2D eigenvalue weighted by Crippen LogP contribution is 2.10. The number of aromatic nitrogens is 5. The third-order valence-corrected chi connectivity index (χ3v) is 2.56. The number of rotatable bonds is 3. The Morgan fingerprint density at radius 3 is 2.83 bits per heavy atom. The van der Waals surface area contributed by atoms with Crippen molar-refractivity contribution in [3.8, 4) is 0 Å². The topological polar surface area (TPSA) is 94.0 Å². The van der Waals surface area contributed by atoms with Gasteiger partial charge in [-0.15, -0.1) is 5.10 Å². The minimum absolute atomic E-state index is 0.609. The van der Waals surface area contributed by atoms with Gasteiger partial charge in [-0.25, -0.2) is 0 Å². The van der Waals surface area contributed by atoms with Crippen molar-refractivity contribution in [2.45, 2.75) is 6.54 Å². The van der Waals surface area contributed by atoms with Gasteiger partial charge < -0.3 is 11.1 Å². The number of hydrogen-bond acceptors (Lipinski definition) is 6. The molecule has 0 aliphatic rings. The number of nitrogen functional groups attached to an aromatic ring is 1. The van der Waals surface area contributed by atoms with E-state index in [0.717, 1.165) is 17.1 Å². The quantitative estimate of drug-likeness (QED) is 0.656. The number of benzene rings is 1. The molecule has 3 rings (SSSR count). The predicted molar refractivity (Wildman–Crippen MR) is 66.8 cm³/mol. The Balaban J connectivity index is 1.80. The number of anilines is 2. The maximum atomic E-state index is 5.63. The number of fused-ring (bicyclic) bond motifs is 1. The normalized spacial score (nSPS) is 10.7. The summed E-state index contributed by atoms with van der Waals surface area (Å²) >= 11 is 0. The zero-order valence-corrected chi connectivity index (χ0v) is 9.48. The summed E-state index contributed by atoms with van der Waals surface area (Å²) in [6.07, 6.45) is 3.29. The number of hydrogen-bond donors (Lipinski definition) is 2. The summed E-state index contributed by atoms with van der Waals surface area (Å²) in [5, 5.41) is 14.5. The van der Waals surface area contributed by atoms with Crippen LogP contribution in [0.3, 0.4) is 0 Å². The third-order valence-electron chi connectivity index (χ3n) is 2.56. The molecule has 3 aromatic rings. The summed E-state index contributed by atoms with van der Waals surface area (Å²) in [6, 6.07) is 7.67. The van der Waals surface area contributed by atoms with Gasteiger partial charge >= 0.3 is 0 Å². The minimum atomic E-state index is 0.609. The number of tetrazole rings is 1. The molecule has 0 unspecified atom stereocenters. The molecule has 0 saturated heterocycles. The largest absolute Gasteiger partial charge is 0.399 e. The summed E-state index contributed by atoms with van der Waals surface area (Å²) in [4.78, 5) is 4.07. The second kappa shape index (κ2) is 4.28. The van der Waals surface area contributed by atoms with Gasteiger partial charge in [0.15, 0.2) is 11.5 Å². The first kappa shape index (κ1) is 10.5. The van der Waals surface area contributed by atoms with E-state index in [2.05, 4.69) is 25.8 Å². The first-order valence-corrected chi connectivity index (χ1v) is 5.43. The first-order valence-electron chi connectivity index (χ1n) is 5.43. The van der Waals surface area contributed by atoms with Crippen LogP contribution in [0.1, 0.15) is 5.56 Å². The summed E-state index contributed by atoms with van der Waals surface area (Å²) in [6.45, 7) is 0.654. The first-order chi connectivity index (χ1) is 8.83. The maximum Gasteiger partial charge on any atom is 0.199 e. The van der Waals surface area contributed by atoms with Crippen molar-refractivity contribution >= 4 is 17.2 Å². The lowest BCUT2D eigenvalue weighted by atomic mass is 10.2. The second-order valence-corrected chi connectivity index (χ2v) is 3.84. The van der Waals surface area contributed by atoms with Crippen LogP contribution < -0.4 is 11.1 Å². The lowest BCUT2D eigenvalue weighted by Crippen LogP contribution is -2.05. The van der Waals surface area contributed by atoms with E-state index in [4.69, 9.17) is 5.73 Å². The lowest BCUT2D eigenvalue weighted by Gasteiger charge is -2.06. The zero-order chi connectivity index (χ0) is 12.4. The smallest absolute Gasteiger partial charge is 0.199 e. The van der Waals surface area contributed by atoms with E-state index in [9.17, 15) is 0 Å². The van der Waals surface area contributed by atoms with Crippen LogP contribution in [0.2, 0.25) is 0 Å². The van der Waals surface area contributed by atoms with E-state index in [0.29, 0.717) is 12.2 Å². The van der Waals surface area contributed by atoms with Gasteiger partial charge in [0.05, 0.1) is 12.4 Å². The molecule has 7 nitrogen and oxygen atoms in total. The Bertz CT molecular complexity index is 658. The zero-order valence-electron chi connectivity index (χ0n) is 9.48. The van der Waals surface area contributed by atoms with E-state index in [-0.39, 0.29) is 0 Å². The van der Waals surface area contributed by atoms with Crippen molar-refractivity contribution in [1.82, 2.24) is 25.0 Å². The van der Waals surface area contributed by atoms with Crippen LogP contribution >= 0.6 is 0 Å². The SMILES string of the molecule is Nc1ccc(CNc2cncc3nnnn23)cc1. The van der Waals surface area contributed by atoms with Gasteiger partial charge in [0.25, 0.3) is 0 Å². The van der Waals surface area contributed by atoms with Crippen LogP contribution in [-0.2, 0) is 6.54 Å². The van der Waals surface area contributed by atoms with Gasteiger partial charge in [-0.2, -0.15) is 4.52 Å².